The van der Waals surface area contributed by atoms with Crippen LogP contribution in [0.15, 0.2) is 48.5 Å². The normalized spacial score (nSPS) is 20.7. The van der Waals surface area contributed by atoms with Crippen LogP contribution in [-0.4, -0.2) is 55.6 Å². The number of nitrogens with zero attached hydrogens (tertiary/aromatic N) is 2. The van der Waals surface area contributed by atoms with Crippen LogP contribution in [0.3, 0.4) is 0 Å². The van der Waals surface area contributed by atoms with Crippen molar-refractivity contribution in [3.05, 3.63) is 54.1 Å². The van der Waals surface area contributed by atoms with Crippen LogP contribution in [0.2, 0.25) is 0 Å². The predicted molar refractivity (Wildman–Crippen MR) is 123 cm³/mol. The van der Waals surface area contributed by atoms with Crippen LogP contribution in [0.1, 0.15) is 37.3 Å². The van der Waals surface area contributed by atoms with Crippen molar-refractivity contribution in [2.24, 2.45) is 5.92 Å². The molecular formula is C25H31N3O4. The van der Waals surface area contributed by atoms with E-state index in [9.17, 15) is 9.59 Å². The maximum Gasteiger partial charge on any atom is 0.321 e. The van der Waals surface area contributed by atoms with Crippen LogP contribution in [0, 0.1) is 5.92 Å². The topological polar surface area (TPSA) is 71.1 Å². The zero-order chi connectivity index (χ0) is 22.5. The van der Waals surface area contributed by atoms with Gasteiger partial charge >= 0.3 is 6.03 Å². The number of ether oxygens (including phenoxy) is 2. The molecule has 2 atom stereocenters. The monoisotopic (exact) mass is 437 g/mol. The van der Waals surface area contributed by atoms with E-state index in [1.807, 2.05) is 53.4 Å². The first kappa shape index (κ1) is 22.0. The van der Waals surface area contributed by atoms with Crippen molar-refractivity contribution in [3.8, 4) is 11.5 Å². The van der Waals surface area contributed by atoms with Gasteiger partial charge in [-0.15, -0.1) is 0 Å². The minimum atomic E-state index is -0.185. The molecule has 2 aliphatic heterocycles. The Hall–Kier alpha value is -3.22. The number of piperidine rings is 1. The highest BCUT2D eigenvalue weighted by Gasteiger charge is 2.37. The van der Waals surface area contributed by atoms with Crippen molar-refractivity contribution < 1.29 is 19.1 Å². The molecule has 1 N–H and O–H groups in total. The molecule has 2 aromatic rings. The number of rotatable bonds is 5. The number of likely N-dealkylation sites (tertiary alicyclic amines) is 2. The molecular weight excluding hydrogens is 406 g/mol. The number of nitrogens with one attached hydrogen (secondary N) is 1. The van der Waals surface area contributed by atoms with E-state index >= 15 is 0 Å². The Balaban J connectivity index is 1.45. The molecule has 4 rings (SSSR count). The molecule has 0 aromatic heterocycles. The van der Waals surface area contributed by atoms with Gasteiger partial charge < -0.3 is 24.6 Å². The number of benzene rings is 2. The summed E-state index contributed by atoms with van der Waals surface area (Å²) in [6.45, 7) is 1.84. The van der Waals surface area contributed by atoms with Gasteiger partial charge in [0, 0.05) is 37.0 Å². The molecule has 2 aromatic carbocycles. The molecule has 170 valence electrons. The van der Waals surface area contributed by atoms with Gasteiger partial charge in [0.2, 0.25) is 5.91 Å². The summed E-state index contributed by atoms with van der Waals surface area (Å²) in [4.78, 5) is 30.0. The van der Waals surface area contributed by atoms with Crippen LogP contribution in [0.25, 0.3) is 0 Å². The van der Waals surface area contributed by atoms with E-state index < -0.39 is 0 Å². The molecule has 7 heteroatoms. The zero-order valence-electron chi connectivity index (χ0n) is 18.8. The first-order chi connectivity index (χ1) is 15.6. The third kappa shape index (κ3) is 4.66. The molecule has 3 amide bonds. The number of hydrogen-bond donors (Lipinski definition) is 1. The van der Waals surface area contributed by atoms with E-state index in [1.165, 1.54) is 0 Å². The van der Waals surface area contributed by atoms with Gasteiger partial charge in [-0.1, -0.05) is 18.2 Å². The molecule has 0 bridgehead atoms. The molecule has 0 unspecified atom stereocenters. The van der Waals surface area contributed by atoms with E-state index in [0.717, 1.165) is 55.0 Å². The summed E-state index contributed by atoms with van der Waals surface area (Å²) in [5.41, 5.74) is 1.77. The number of carbonyl (C=O) groups excluding carboxylic acids is 2. The smallest absolute Gasteiger partial charge is 0.321 e. The Bertz CT molecular complexity index is 949. The molecule has 2 aliphatic rings. The van der Waals surface area contributed by atoms with Crippen LogP contribution in [-0.2, 0) is 4.79 Å². The van der Waals surface area contributed by atoms with Crippen molar-refractivity contribution >= 4 is 17.6 Å². The summed E-state index contributed by atoms with van der Waals surface area (Å²) in [6, 6.07) is 15.0. The van der Waals surface area contributed by atoms with Gasteiger partial charge in [-0.2, -0.15) is 0 Å². The maximum absolute atomic E-state index is 13.5. The zero-order valence-corrected chi connectivity index (χ0v) is 18.8. The lowest BCUT2D eigenvalue weighted by Gasteiger charge is -2.36. The number of para-hydroxylation sites is 1. The SMILES string of the molecule is COc1ccc([C@H]2CCCN2C(=O)[C@@H]2CCCN(C(=O)Nc3ccccc3)C2)c(OC)c1. The molecule has 0 radical (unpaired) electrons. The molecule has 0 aliphatic carbocycles. The lowest BCUT2D eigenvalue weighted by molar-refractivity contribution is -0.137. The largest absolute Gasteiger partial charge is 0.497 e. The van der Waals surface area contributed by atoms with Crippen molar-refractivity contribution in [1.82, 2.24) is 9.80 Å². The second-order valence-corrected chi connectivity index (χ2v) is 8.38. The third-order valence-electron chi connectivity index (χ3n) is 6.42. The Morgan fingerprint density at radius 1 is 0.969 bits per heavy atom. The van der Waals surface area contributed by atoms with Gasteiger partial charge in [0.1, 0.15) is 11.5 Å². The number of methoxy groups -OCH3 is 2. The van der Waals surface area contributed by atoms with E-state index in [0.29, 0.717) is 13.1 Å². The summed E-state index contributed by atoms with van der Waals surface area (Å²) < 4.78 is 10.9. The average molecular weight is 438 g/mol. The fourth-order valence-electron chi connectivity index (χ4n) is 4.77. The first-order valence-electron chi connectivity index (χ1n) is 11.2. The van der Waals surface area contributed by atoms with E-state index in [-0.39, 0.29) is 23.9 Å². The number of urea groups is 1. The van der Waals surface area contributed by atoms with Crippen LogP contribution in [0.4, 0.5) is 10.5 Å². The first-order valence-corrected chi connectivity index (χ1v) is 11.2. The average Bonchev–Trinajstić information content (AvgIpc) is 3.33. The molecule has 7 nitrogen and oxygen atoms in total. The van der Waals surface area contributed by atoms with Crippen molar-refractivity contribution in [1.29, 1.82) is 0 Å². The Labute approximate surface area is 189 Å². The van der Waals surface area contributed by atoms with E-state index in [4.69, 9.17) is 9.47 Å². The molecule has 32 heavy (non-hydrogen) atoms. The molecule has 2 fully saturated rings. The summed E-state index contributed by atoms with van der Waals surface area (Å²) in [5, 5.41) is 2.93. The summed E-state index contributed by atoms with van der Waals surface area (Å²) in [5.74, 6) is 1.41. The standard InChI is InChI=1S/C25H31N3O4/c1-31-20-12-13-21(23(16-20)32-2)22-11-7-15-28(22)24(29)18-8-6-14-27(17-18)25(30)26-19-9-4-3-5-10-19/h3-5,9-10,12-13,16,18,22H,6-8,11,14-15,17H2,1-2H3,(H,26,30)/t18-,22-/m1/s1. The quantitative estimate of drug-likeness (QED) is 0.757. The highest BCUT2D eigenvalue weighted by atomic mass is 16.5. The Morgan fingerprint density at radius 2 is 1.75 bits per heavy atom. The summed E-state index contributed by atoms with van der Waals surface area (Å²) in [6.07, 6.45) is 3.48. The second kappa shape index (κ2) is 9.94. The molecule has 2 heterocycles. The number of carbonyl (C=O) groups is 2. The minimum Gasteiger partial charge on any atom is -0.497 e. The fourth-order valence-corrected chi connectivity index (χ4v) is 4.77. The fraction of sp³-hybridized carbons (Fsp3) is 0.440. The van der Waals surface area contributed by atoms with Gasteiger partial charge in [-0.3, -0.25) is 4.79 Å². The highest BCUT2D eigenvalue weighted by Crippen LogP contribution is 2.40. The lowest BCUT2D eigenvalue weighted by Crippen LogP contribution is -2.47. The predicted octanol–water partition coefficient (Wildman–Crippen LogP) is 4.31. The van der Waals surface area contributed by atoms with Gasteiger partial charge in [0.25, 0.3) is 0 Å². The van der Waals surface area contributed by atoms with Gasteiger partial charge in [0.15, 0.2) is 0 Å². The van der Waals surface area contributed by atoms with Crippen molar-refractivity contribution in [3.63, 3.8) is 0 Å². The van der Waals surface area contributed by atoms with Crippen molar-refractivity contribution in [2.45, 2.75) is 31.7 Å². The molecule has 0 spiro atoms. The Morgan fingerprint density at radius 3 is 2.50 bits per heavy atom. The minimum absolute atomic E-state index is 0.0168. The Kier molecular flexibility index (Phi) is 6.83. The van der Waals surface area contributed by atoms with Crippen LogP contribution < -0.4 is 14.8 Å². The number of hydrogen-bond acceptors (Lipinski definition) is 4. The number of amides is 3. The number of anilines is 1. The van der Waals surface area contributed by atoms with Gasteiger partial charge in [0.05, 0.1) is 26.2 Å². The molecule has 0 saturated carbocycles. The van der Waals surface area contributed by atoms with Gasteiger partial charge in [-0.05, 0) is 49.9 Å². The van der Waals surface area contributed by atoms with Gasteiger partial charge in [-0.25, -0.2) is 4.79 Å². The van der Waals surface area contributed by atoms with E-state index in [1.54, 1.807) is 19.1 Å². The van der Waals surface area contributed by atoms with Crippen LogP contribution >= 0.6 is 0 Å². The third-order valence-corrected chi connectivity index (χ3v) is 6.42. The van der Waals surface area contributed by atoms with E-state index in [2.05, 4.69) is 5.32 Å². The second-order valence-electron chi connectivity index (χ2n) is 8.38. The summed E-state index contributed by atoms with van der Waals surface area (Å²) in [7, 11) is 3.27. The molecule has 2 saturated heterocycles. The highest BCUT2D eigenvalue weighted by molar-refractivity contribution is 5.90. The lowest BCUT2D eigenvalue weighted by atomic mass is 9.95. The van der Waals surface area contributed by atoms with Crippen LogP contribution in [0.5, 0.6) is 11.5 Å². The van der Waals surface area contributed by atoms with Crippen molar-refractivity contribution in [2.75, 3.05) is 39.2 Å². The maximum atomic E-state index is 13.5. The summed E-state index contributed by atoms with van der Waals surface area (Å²) >= 11 is 0.